The molecule has 36 heavy (non-hydrogen) atoms. The lowest BCUT2D eigenvalue weighted by Gasteiger charge is -2.28. The first-order chi connectivity index (χ1) is 17.3. The number of aromatic nitrogens is 5. The van der Waals surface area contributed by atoms with E-state index < -0.39 is 28.9 Å². The van der Waals surface area contributed by atoms with Gasteiger partial charge in [-0.1, -0.05) is 12.1 Å². The van der Waals surface area contributed by atoms with Gasteiger partial charge in [0.05, 0.1) is 18.6 Å². The molecule has 7 nitrogen and oxygen atoms in total. The second-order valence-corrected chi connectivity index (χ2v) is 8.40. The highest BCUT2D eigenvalue weighted by molar-refractivity contribution is 5.82. The van der Waals surface area contributed by atoms with E-state index in [1.54, 1.807) is 24.4 Å². The predicted octanol–water partition coefficient (Wildman–Crippen LogP) is 4.38. The lowest BCUT2D eigenvalue weighted by molar-refractivity contribution is -0.00828. The second kappa shape index (κ2) is 9.42. The predicted molar refractivity (Wildman–Crippen MR) is 124 cm³/mol. The lowest BCUT2D eigenvalue weighted by atomic mass is 9.93. The maximum absolute atomic E-state index is 14.7. The summed E-state index contributed by atoms with van der Waals surface area (Å²) < 4.78 is 58.8. The largest absolute Gasteiger partial charge is 0.381 e. The van der Waals surface area contributed by atoms with Gasteiger partial charge < -0.3 is 10.4 Å². The first-order valence-electron chi connectivity index (χ1n) is 10.9. The highest BCUT2D eigenvalue weighted by Gasteiger charge is 2.34. The van der Waals surface area contributed by atoms with E-state index in [1.807, 2.05) is 0 Å². The summed E-state index contributed by atoms with van der Waals surface area (Å²) in [6.45, 7) is -0.389. The van der Waals surface area contributed by atoms with E-state index in [-0.39, 0.29) is 30.8 Å². The van der Waals surface area contributed by atoms with Crippen molar-refractivity contribution in [2.24, 2.45) is 0 Å². The number of halogens is 4. The molecule has 0 fully saturated rings. The minimum Gasteiger partial charge on any atom is -0.381 e. The quantitative estimate of drug-likeness (QED) is 0.312. The van der Waals surface area contributed by atoms with E-state index in [0.717, 1.165) is 6.07 Å². The molecule has 0 aliphatic rings. The van der Waals surface area contributed by atoms with E-state index in [4.69, 9.17) is 0 Å². The maximum Gasteiger partial charge on any atom is 0.137 e. The molecule has 5 rings (SSSR count). The van der Waals surface area contributed by atoms with Crippen LogP contribution in [0, 0.1) is 23.3 Å². The summed E-state index contributed by atoms with van der Waals surface area (Å²) in [7, 11) is 0. The molecule has 0 aliphatic carbocycles. The Labute approximate surface area is 202 Å². The molecule has 0 spiro atoms. The van der Waals surface area contributed by atoms with Crippen molar-refractivity contribution in [3.05, 3.63) is 108 Å². The zero-order chi connectivity index (χ0) is 25.3. The van der Waals surface area contributed by atoms with Gasteiger partial charge in [-0.3, -0.25) is 4.68 Å². The molecule has 2 heterocycles. The number of rotatable bonds is 8. The molecule has 5 aromatic rings. The molecule has 184 valence electrons. The van der Waals surface area contributed by atoms with Gasteiger partial charge in [0, 0.05) is 41.0 Å². The molecule has 2 N–H and O–H groups in total. The van der Waals surface area contributed by atoms with Crippen LogP contribution < -0.4 is 5.32 Å². The molecule has 1 atom stereocenters. The van der Waals surface area contributed by atoms with Crippen molar-refractivity contribution in [2.45, 2.75) is 25.2 Å². The fourth-order valence-corrected chi connectivity index (χ4v) is 4.10. The molecule has 0 saturated heterocycles. The zero-order valence-electron chi connectivity index (χ0n) is 18.7. The molecule has 0 saturated carbocycles. The minimum absolute atomic E-state index is 0.0559. The summed E-state index contributed by atoms with van der Waals surface area (Å²) in [5.74, 6) is -2.95. The van der Waals surface area contributed by atoms with Gasteiger partial charge in [0.15, 0.2) is 0 Å². The number of benzene rings is 3. The highest BCUT2D eigenvalue weighted by atomic mass is 19.1. The smallest absolute Gasteiger partial charge is 0.137 e. The Morgan fingerprint density at radius 2 is 1.67 bits per heavy atom. The second-order valence-electron chi connectivity index (χ2n) is 8.40. The number of nitrogens with zero attached hydrogens (tertiary/aromatic N) is 5. The van der Waals surface area contributed by atoms with Crippen LogP contribution in [0.15, 0.2) is 73.4 Å². The van der Waals surface area contributed by atoms with Gasteiger partial charge in [-0.15, -0.1) is 0 Å². The van der Waals surface area contributed by atoms with E-state index >= 15 is 0 Å². The summed E-state index contributed by atoms with van der Waals surface area (Å²) in [5, 5.41) is 23.6. The number of anilines is 1. The molecule has 0 amide bonds. The standard InChI is InChI=1S/C25H20F4N6O/c26-17-4-6-20(23(29)9-17)25(36,13-35-15-30-14-32-35)12-34-11-16-8-18(5-7-24(16)33-34)31-10-19-21(27)2-1-3-22(19)28/h1-9,11,14-15,31,36H,10,12-13H2. The fourth-order valence-electron chi connectivity index (χ4n) is 4.10. The van der Waals surface area contributed by atoms with Gasteiger partial charge in [0.25, 0.3) is 0 Å². The Kier molecular flexibility index (Phi) is 6.15. The number of fused-ring (bicyclic) bond motifs is 1. The number of hydrogen-bond acceptors (Lipinski definition) is 5. The summed E-state index contributed by atoms with van der Waals surface area (Å²) in [4.78, 5) is 3.85. The van der Waals surface area contributed by atoms with Gasteiger partial charge in [-0.25, -0.2) is 27.2 Å². The minimum atomic E-state index is -1.84. The topological polar surface area (TPSA) is 80.8 Å². The van der Waals surface area contributed by atoms with Gasteiger partial charge in [0.1, 0.15) is 41.5 Å². The molecule has 0 aliphatic heterocycles. The molecule has 0 radical (unpaired) electrons. The monoisotopic (exact) mass is 496 g/mol. The molecule has 0 bridgehead atoms. The summed E-state index contributed by atoms with van der Waals surface area (Å²) in [5.41, 5.74) is -0.842. The first-order valence-corrected chi connectivity index (χ1v) is 10.9. The fraction of sp³-hybridized carbons (Fsp3) is 0.160. The third kappa shape index (κ3) is 4.78. The van der Waals surface area contributed by atoms with E-state index in [9.17, 15) is 22.7 Å². The number of nitrogens with one attached hydrogen (secondary N) is 1. The molecule has 11 heteroatoms. The van der Waals surface area contributed by atoms with E-state index in [2.05, 4.69) is 20.5 Å². The van der Waals surface area contributed by atoms with Crippen molar-refractivity contribution in [3.63, 3.8) is 0 Å². The Bertz CT molecular complexity index is 1500. The lowest BCUT2D eigenvalue weighted by Crippen LogP contribution is -2.37. The highest BCUT2D eigenvalue weighted by Crippen LogP contribution is 2.29. The Balaban J connectivity index is 1.42. The van der Waals surface area contributed by atoms with Crippen LogP contribution in [0.25, 0.3) is 10.9 Å². The first kappa shape index (κ1) is 23.5. The maximum atomic E-state index is 14.7. The van der Waals surface area contributed by atoms with Crippen molar-refractivity contribution < 1.29 is 22.7 Å². The Morgan fingerprint density at radius 1 is 0.889 bits per heavy atom. The normalized spacial score (nSPS) is 13.1. The van der Waals surface area contributed by atoms with Crippen LogP contribution >= 0.6 is 0 Å². The van der Waals surface area contributed by atoms with Crippen LogP contribution in [0.1, 0.15) is 11.1 Å². The summed E-state index contributed by atoms with van der Waals surface area (Å²) in [6, 6.07) is 11.8. The molecular weight excluding hydrogens is 476 g/mol. The zero-order valence-corrected chi connectivity index (χ0v) is 18.7. The van der Waals surface area contributed by atoms with Crippen molar-refractivity contribution in [1.29, 1.82) is 0 Å². The van der Waals surface area contributed by atoms with Crippen LogP contribution in [0.5, 0.6) is 0 Å². The van der Waals surface area contributed by atoms with Gasteiger partial charge >= 0.3 is 0 Å². The van der Waals surface area contributed by atoms with E-state index in [1.165, 1.54) is 46.3 Å². The summed E-state index contributed by atoms with van der Waals surface area (Å²) >= 11 is 0. The molecule has 3 aromatic carbocycles. The van der Waals surface area contributed by atoms with Crippen LogP contribution in [0.4, 0.5) is 23.2 Å². The Morgan fingerprint density at radius 3 is 2.39 bits per heavy atom. The van der Waals surface area contributed by atoms with Crippen molar-refractivity contribution in [3.8, 4) is 0 Å². The third-order valence-corrected chi connectivity index (χ3v) is 5.83. The van der Waals surface area contributed by atoms with Crippen molar-refractivity contribution >= 4 is 16.6 Å². The summed E-state index contributed by atoms with van der Waals surface area (Å²) in [6.07, 6.45) is 4.31. The van der Waals surface area contributed by atoms with Gasteiger partial charge in [-0.05, 0) is 36.4 Å². The SMILES string of the molecule is OC(Cn1cncn1)(Cn1cc2cc(NCc3c(F)cccc3F)ccc2n1)c1ccc(F)cc1F. The molecule has 2 aromatic heterocycles. The van der Waals surface area contributed by atoms with E-state index in [0.29, 0.717) is 22.7 Å². The van der Waals surface area contributed by atoms with Crippen LogP contribution in [-0.2, 0) is 25.2 Å². The van der Waals surface area contributed by atoms with Crippen LogP contribution in [-0.4, -0.2) is 29.7 Å². The van der Waals surface area contributed by atoms with Crippen LogP contribution in [0.2, 0.25) is 0 Å². The van der Waals surface area contributed by atoms with Gasteiger partial charge in [0.2, 0.25) is 0 Å². The van der Waals surface area contributed by atoms with Crippen molar-refractivity contribution in [2.75, 3.05) is 5.32 Å². The number of hydrogen-bond donors (Lipinski definition) is 2. The Hall–Kier alpha value is -4.25. The molecular formula is C25H20F4N6O. The number of aliphatic hydroxyl groups is 1. The third-order valence-electron chi connectivity index (χ3n) is 5.83. The van der Waals surface area contributed by atoms with Crippen molar-refractivity contribution in [1.82, 2.24) is 24.5 Å². The molecule has 1 unspecified atom stereocenters. The average Bonchev–Trinajstić information content (AvgIpc) is 3.47. The average molecular weight is 496 g/mol. The van der Waals surface area contributed by atoms with Gasteiger partial charge in [-0.2, -0.15) is 10.2 Å². The van der Waals surface area contributed by atoms with Crippen LogP contribution in [0.3, 0.4) is 0 Å².